The minimum absolute atomic E-state index is 0.0842. The second-order valence-electron chi connectivity index (χ2n) is 3.44. The van der Waals surface area contributed by atoms with Gasteiger partial charge in [0, 0.05) is 13.2 Å². The highest BCUT2D eigenvalue weighted by Crippen LogP contribution is 2.12. The van der Waals surface area contributed by atoms with Gasteiger partial charge in [0.1, 0.15) is 12.4 Å². The average molecular weight is 231 g/mol. The Balaban J connectivity index is 2.09. The van der Waals surface area contributed by atoms with Crippen LogP contribution in [0, 0.1) is 0 Å². The normalized spacial score (nSPS) is 15.6. The molecule has 1 aliphatic rings. The number of aliphatic hydroxyl groups excluding tert-OH is 1. The number of hydrogen-bond donors (Lipinski definition) is 2. The lowest BCUT2D eigenvalue weighted by Gasteiger charge is -2.09. The van der Waals surface area contributed by atoms with Gasteiger partial charge in [-0.3, -0.25) is 0 Å². The molecule has 94 valence electrons. The van der Waals surface area contributed by atoms with Crippen LogP contribution in [0.25, 0.3) is 0 Å². The summed E-state index contributed by atoms with van der Waals surface area (Å²) in [4.78, 5) is 0. The van der Waals surface area contributed by atoms with E-state index in [2.05, 4.69) is 5.32 Å². The summed E-state index contributed by atoms with van der Waals surface area (Å²) in [6, 6.07) is 0. The van der Waals surface area contributed by atoms with Crippen molar-refractivity contribution < 1.29 is 19.3 Å². The van der Waals surface area contributed by atoms with Crippen LogP contribution in [-0.4, -0.2) is 51.3 Å². The van der Waals surface area contributed by atoms with Crippen LogP contribution < -0.4 is 5.32 Å². The molecule has 0 aromatic carbocycles. The Morgan fingerprint density at radius 3 is 3.00 bits per heavy atom. The van der Waals surface area contributed by atoms with E-state index in [-0.39, 0.29) is 6.61 Å². The molecule has 2 N–H and O–H groups in total. The third-order valence-electron chi connectivity index (χ3n) is 2.17. The highest BCUT2D eigenvalue weighted by molar-refractivity contribution is 5.11. The van der Waals surface area contributed by atoms with Gasteiger partial charge in [-0.15, -0.1) is 0 Å². The van der Waals surface area contributed by atoms with Gasteiger partial charge in [-0.2, -0.15) is 0 Å². The molecule has 0 aromatic rings. The van der Waals surface area contributed by atoms with Gasteiger partial charge in [-0.05, 0) is 13.3 Å². The molecule has 5 nitrogen and oxygen atoms in total. The molecule has 1 heterocycles. The maximum absolute atomic E-state index is 8.51. The minimum Gasteiger partial charge on any atom is -0.494 e. The summed E-state index contributed by atoms with van der Waals surface area (Å²) >= 11 is 0. The van der Waals surface area contributed by atoms with E-state index in [0.717, 1.165) is 24.4 Å². The van der Waals surface area contributed by atoms with Gasteiger partial charge in [0.05, 0.1) is 32.1 Å². The van der Waals surface area contributed by atoms with Gasteiger partial charge in [0.2, 0.25) is 0 Å². The molecular weight excluding hydrogens is 210 g/mol. The van der Waals surface area contributed by atoms with Crippen molar-refractivity contribution >= 4 is 0 Å². The van der Waals surface area contributed by atoms with E-state index >= 15 is 0 Å². The van der Waals surface area contributed by atoms with Crippen molar-refractivity contribution in [3.05, 3.63) is 11.5 Å². The fourth-order valence-electron chi connectivity index (χ4n) is 1.45. The smallest absolute Gasteiger partial charge is 0.143 e. The predicted molar refractivity (Wildman–Crippen MR) is 60.0 cm³/mol. The molecule has 0 unspecified atom stereocenters. The van der Waals surface area contributed by atoms with Crippen LogP contribution in [0.1, 0.15) is 13.3 Å². The van der Waals surface area contributed by atoms with Gasteiger partial charge in [-0.1, -0.05) is 0 Å². The summed E-state index contributed by atoms with van der Waals surface area (Å²) in [7, 11) is 0. The van der Waals surface area contributed by atoms with E-state index in [0.29, 0.717) is 33.0 Å². The number of rotatable bonds is 9. The van der Waals surface area contributed by atoms with Crippen molar-refractivity contribution in [1.82, 2.24) is 5.32 Å². The minimum atomic E-state index is 0.0842. The molecular formula is C11H21NO4. The van der Waals surface area contributed by atoms with Gasteiger partial charge in [-0.25, -0.2) is 0 Å². The summed E-state index contributed by atoms with van der Waals surface area (Å²) in [5.41, 5.74) is 1.05. The van der Waals surface area contributed by atoms with Crippen molar-refractivity contribution in [2.75, 3.05) is 46.2 Å². The number of ether oxygens (including phenoxy) is 3. The van der Waals surface area contributed by atoms with Crippen LogP contribution >= 0.6 is 0 Å². The molecule has 0 saturated heterocycles. The summed E-state index contributed by atoms with van der Waals surface area (Å²) < 4.78 is 15.9. The van der Waals surface area contributed by atoms with Crippen LogP contribution in [0.5, 0.6) is 0 Å². The zero-order chi connectivity index (χ0) is 11.6. The summed E-state index contributed by atoms with van der Waals surface area (Å²) in [6.07, 6.45) is 0.906. The molecule has 0 atom stereocenters. The Labute approximate surface area is 96.4 Å². The first kappa shape index (κ1) is 13.3. The molecule has 0 fully saturated rings. The van der Waals surface area contributed by atoms with E-state index in [1.807, 2.05) is 6.92 Å². The van der Waals surface area contributed by atoms with E-state index in [1.54, 1.807) is 0 Å². The van der Waals surface area contributed by atoms with Crippen LogP contribution in [0.2, 0.25) is 0 Å². The van der Waals surface area contributed by atoms with Crippen molar-refractivity contribution in [3.63, 3.8) is 0 Å². The van der Waals surface area contributed by atoms with Gasteiger partial charge >= 0.3 is 0 Å². The Morgan fingerprint density at radius 1 is 1.38 bits per heavy atom. The molecule has 5 heteroatoms. The zero-order valence-corrected chi connectivity index (χ0v) is 9.83. The van der Waals surface area contributed by atoms with Crippen LogP contribution in [0.4, 0.5) is 0 Å². The number of nitrogens with one attached hydrogen (secondary N) is 1. The maximum Gasteiger partial charge on any atom is 0.143 e. The van der Waals surface area contributed by atoms with Gasteiger partial charge in [0.25, 0.3) is 0 Å². The SMILES string of the molecule is CCOC1=C(NCCCOCCO)COC1. The maximum atomic E-state index is 8.51. The molecule has 0 aromatic heterocycles. The van der Waals surface area contributed by atoms with E-state index in [1.165, 1.54) is 0 Å². The summed E-state index contributed by atoms with van der Waals surface area (Å²) in [5.74, 6) is 0.916. The van der Waals surface area contributed by atoms with Crippen molar-refractivity contribution in [1.29, 1.82) is 0 Å². The fraction of sp³-hybridized carbons (Fsp3) is 0.818. The van der Waals surface area contributed by atoms with E-state index in [4.69, 9.17) is 19.3 Å². The van der Waals surface area contributed by atoms with Gasteiger partial charge < -0.3 is 24.6 Å². The molecule has 0 bridgehead atoms. The lowest BCUT2D eigenvalue weighted by Crippen LogP contribution is -2.19. The van der Waals surface area contributed by atoms with Crippen LogP contribution in [0.15, 0.2) is 11.5 Å². The third kappa shape index (κ3) is 4.83. The zero-order valence-electron chi connectivity index (χ0n) is 9.83. The molecule has 0 radical (unpaired) electrons. The summed E-state index contributed by atoms with van der Waals surface area (Å²) in [6.45, 7) is 5.79. The predicted octanol–water partition coefficient (Wildman–Crippen LogP) is 0.253. The highest BCUT2D eigenvalue weighted by Gasteiger charge is 2.15. The second-order valence-corrected chi connectivity index (χ2v) is 3.44. The molecule has 0 amide bonds. The highest BCUT2D eigenvalue weighted by atomic mass is 16.5. The average Bonchev–Trinajstić information content (AvgIpc) is 2.72. The quantitative estimate of drug-likeness (QED) is 0.557. The first-order valence-corrected chi connectivity index (χ1v) is 5.73. The molecule has 0 aliphatic carbocycles. The molecule has 0 saturated carbocycles. The Kier molecular flexibility index (Phi) is 6.96. The topological polar surface area (TPSA) is 60.0 Å². The lowest BCUT2D eigenvalue weighted by atomic mass is 10.3. The second kappa shape index (κ2) is 8.38. The third-order valence-corrected chi connectivity index (χ3v) is 2.17. The van der Waals surface area contributed by atoms with Crippen LogP contribution in [0.3, 0.4) is 0 Å². The van der Waals surface area contributed by atoms with E-state index in [9.17, 15) is 0 Å². The van der Waals surface area contributed by atoms with Crippen LogP contribution in [-0.2, 0) is 14.2 Å². The van der Waals surface area contributed by atoms with Crippen molar-refractivity contribution in [2.24, 2.45) is 0 Å². The standard InChI is InChI=1S/C11H21NO4/c1-2-16-11-9-15-8-10(11)12-4-3-6-14-7-5-13/h12-13H,2-9H2,1H3. The molecule has 1 aliphatic heterocycles. The molecule has 16 heavy (non-hydrogen) atoms. The number of hydrogen-bond acceptors (Lipinski definition) is 5. The van der Waals surface area contributed by atoms with Crippen molar-refractivity contribution in [2.45, 2.75) is 13.3 Å². The van der Waals surface area contributed by atoms with E-state index < -0.39 is 0 Å². The molecule has 1 rings (SSSR count). The van der Waals surface area contributed by atoms with Crippen molar-refractivity contribution in [3.8, 4) is 0 Å². The molecule has 0 spiro atoms. The lowest BCUT2D eigenvalue weighted by molar-refractivity contribution is 0.0909. The Morgan fingerprint density at radius 2 is 2.25 bits per heavy atom. The number of aliphatic hydroxyl groups is 1. The first-order chi connectivity index (χ1) is 7.88. The fourth-order valence-corrected chi connectivity index (χ4v) is 1.45. The Bertz CT molecular complexity index is 218. The Hall–Kier alpha value is -0.780. The summed E-state index contributed by atoms with van der Waals surface area (Å²) in [5, 5.41) is 11.8. The largest absolute Gasteiger partial charge is 0.494 e. The first-order valence-electron chi connectivity index (χ1n) is 5.73. The van der Waals surface area contributed by atoms with Gasteiger partial charge in [0.15, 0.2) is 0 Å². The monoisotopic (exact) mass is 231 g/mol.